The third kappa shape index (κ3) is 6.20. The summed E-state index contributed by atoms with van der Waals surface area (Å²) in [5.74, 6) is -1.44. The quantitative estimate of drug-likeness (QED) is 0.388. The van der Waals surface area contributed by atoms with Gasteiger partial charge in [-0.3, -0.25) is 9.59 Å². The topological polar surface area (TPSA) is 93.2 Å². The van der Waals surface area contributed by atoms with Crippen molar-refractivity contribution in [1.29, 1.82) is 0 Å². The van der Waals surface area contributed by atoms with E-state index < -0.39 is 24.0 Å². The van der Waals surface area contributed by atoms with Gasteiger partial charge in [-0.1, -0.05) is 60.7 Å². The summed E-state index contributed by atoms with van der Waals surface area (Å²) in [6.07, 6.45) is 2.48. The minimum atomic E-state index is -0.648. The summed E-state index contributed by atoms with van der Waals surface area (Å²) in [6, 6.07) is 20.7. The lowest BCUT2D eigenvalue weighted by atomic mass is 10.2. The summed E-state index contributed by atoms with van der Waals surface area (Å²) >= 11 is 1.08. The van der Waals surface area contributed by atoms with E-state index in [-0.39, 0.29) is 25.0 Å². The minimum absolute atomic E-state index is 0.153. The fourth-order valence-electron chi connectivity index (χ4n) is 5.01. The highest BCUT2D eigenvalue weighted by Gasteiger charge is 2.38. The number of esters is 2. The highest BCUT2D eigenvalue weighted by molar-refractivity contribution is 7.15. The Labute approximate surface area is 231 Å². The Morgan fingerprint density at radius 1 is 0.641 bits per heavy atom. The standard InChI is InChI=1S/C30H30N2O6S/c33-27(31-17-7-13-23(31)29(35)37-19-21-9-3-1-4-10-21)25-15-16-26(39-25)28(34)32-18-8-14-24(32)30(36)38-20-22-11-5-2-6-12-22/h1-6,9-12,15-16,23-24H,7-8,13-14,17-20H2. The summed E-state index contributed by atoms with van der Waals surface area (Å²) in [5.41, 5.74) is 1.76. The van der Waals surface area contributed by atoms with Crippen LogP contribution in [0.1, 0.15) is 56.2 Å². The molecule has 3 heterocycles. The molecule has 0 spiro atoms. The zero-order valence-corrected chi connectivity index (χ0v) is 22.3. The molecule has 39 heavy (non-hydrogen) atoms. The van der Waals surface area contributed by atoms with E-state index in [0.29, 0.717) is 48.5 Å². The molecule has 2 fully saturated rings. The first-order valence-electron chi connectivity index (χ1n) is 13.1. The van der Waals surface area contributed by atoms with E-state index in [1.165, 1.54) is 9.80 Å². The first kappa shape index (κ1) is 26.6. The number of amides is 2. The van der Waals surface area contributed by atoms with Crippen molar-refractivity contribution in [3.63, 3.8) is 0 Å². The molecule has 0 radical (unpaired) electrons. The molecule has 5 rings (SSSR count). The summed E-state index contributed by atoms with van der Waals surface area (Å²) in [7, 11) is 0. The second-order valence-electron chi connectivity index (χ2n) is 9.66. The van der Waals surface area contributed by atoms with Crippen molar-refractivity contribution < 1.29 is 28.7 Å². The predicted octanol–water partition coefficient (Wildman–Crippen LogP) is 4.44. The molecule has 1 aromatic heterocycles. The Bertz CT molecular complexity index is 1230. The Kier molecular flexibility index (Phi) is 8.36. The number of hydrogen-bond acceptors (Lipinski definition) is 7. The van der Waals surface area contributed by atoms with Gasteiger partial charge in [-0.25, -0.2) is 9.59 Å². The van der Waals surface area contributed by atoms with E-state index in [1.54, 1.807) is 12.1 Å². The van der Waals surface area contributed by atoms with E-state index in [1.807, 2.05) is 60.7 Å². The van der Waals surface area contributed by atoms with Crippen LogP contribution in [0.2, 0.25) is 0 Å². The lowest BCUT2D eigenvalue weighted by Crippen LogP contribution is -2.41. The molecular weight excluding hydrogens is 516 g/mol. The van der Waals surface area contributed by atoms with Crippen LogP contribution in [0.15, 0.2) is 72.8 Å². The van der Waals surface area contributed by atoms with Gasteiger partial charge in [-0.05, 0) is 48.9 Å². The largest absolute Gasteiger partial charge is 0.459 e. The van der Waals surface area contributed by atoms with Crippen LogP contribution in [0.5, 0.6) is 0 Å². The number of benzene rings is 2. The Morgan fingerprint density at radius 2 is 1.05 bits per heavy atom. The number of rotatable bonds is 8. The SMILES string of the molecule is O=C(OCc1ccccc1)C1CCCN1C(=O)c1ccc(C(=O)N2CCCC2C(=O)OCc2ccccc2)s1. The highest BCUT2D eigenvalue weighted by atomic mass is 32.1. The first-order valence-corrected chi connectivity index (χ1v) is 14.0. The number of thiophene rings is 1. The van der Waals surface area contributed by atoms with Gasteiger partial charge in [-0.2, -0.15) is 0 Å². The van der Waals surface area contributed by atoms with Crippen molar-refractivity contribution in [3.8, 4) is 0 Å². The molecule has 2 saturated heterocycles. The summed E-state index contributed by atoms with van der Waals surface area (Å²) in [6.45, 7) is 1.21. The van der Waals surface area contributed by atoms with E-state index in [0.717, 1.165) is 22.5 Å². The molecule has 2 aliphatic rings. The van der Waals surface area contributed by atoms with E-state index in [9.17, 15) is 19.2 Å². The third-order valence-electron chi connectivity index (χ3n) is 7.05. The molecule has 2 amide bonds. The molecule has 0 saturated carbocycles. The summed E-state index contributed by atoms with van der Waals surface area (Å²) in [5, 5.41) is 0. The number of nitrogens with zero attached hydrogens (tertiary/aromatic N) is 2. The van der Waals surface area contributed by atoms with Gasteiger partial charge < -0.3 is 19.3 Å². The Balaban J connectivity index is 1.19. The average Bonchev–Trinajstić information content (AvgIpc) is 3.76. The van der Waals surface area contributed by atoms with Crippen LogP contribution in [-0.2, 0) is 32.3 Å². The molecule has 3 aromatic rings. The van der Waals surface area contributed by atoms with Gasteiger partial charge >= 0.3 is 11.9 Å². The molecule has 0 N–H and O–H groups in total. The fraction of sp³-hybridized carbons (Fsp3) is 0.333. The van der Waals surface area contributed by atoms with Crippen LogP contribution >= 0.6 is 11.3 Å². The Morgan fingerprint density at radius 3 is 1.46 bits per heavy atom. The minimum Gasteiger partial charge on any atom is -0.459 e. The van der Waals surface area contributed by atoms with Gasteiger partial charge in [0.2, 0.25) is 0 Å². The number of ether oxygens (including phenoxy) is 2. The molecule has 9 heteroatoms. The van der Waals surface area contributed by atoms with Crippen molar-refractivity contribution in [1.82, 2.24) is 9.80 Å². The average molecular weight is 547 g/mol. The van der Waals surface area contributed by atoms with Crippen LogP contribution in [-0.4, -0.2) is 58.7 Å². The van der Waals surface area contributed by atoms with Crippen molar-refractivity contribution in [2.45, 2.75) is 51.0 Å². The van der Waals surface area contributed by atoms with E-state index >= 15 is 0 Å². The van der Waals surface area contributed by atoms with Crippen LogP contribution in [0.4, 0.5) is 0 Å². The van der Waals surface area contributed by atoms with Gasteiger partial charge in [-0.15, -0.1) is 11.3 Å². The molecule has 2 unspecified atom stereocenters. The monoisotopic (exact) mass is 546 g/mol. The maximum absolute atomic E-state index is 13.3. The van der Waals surface area contributed by atoms with Gasteiger partial charge in [0.15, 0.2) is 0 Å². The maximum atomic E-state index is 13.3. The lowest BCUT2D eigenvalue weighted by Gasteiger charge is -2.23. The van der Waals surface area contributed by atoms with Crippen molar-refractivity contribution in [3.05, 3.63) is 93.7 Å². The second kappa shape index (κ2) is 12.3. The smallest absolute Gasteiger partial charge is 0.329 e. The number of hydrogen-bond donors (Lipinski definition) is 0. The number of carbonyl (C=O) groups excluding carboxylic acids is 4. The van der Waals surface area contributed by atoms with Gasteiger partial charge in [0, 0.05) is 13.1 Å². The molecule has 2 atom stereocenters. The second-order valence-corrected chi connectivity index (χ2v) is 10.7. The van der Waals surface area contributed by atoms with E-state index in [4.69, 9.17) is 9.47 Å². The zero-order valence-electron chi connectivity index (χ0n) is 21.5. The first-order chi connectivity index (χ1) is 19.0. The molecule has 2 aromatic carbocycles. The normalized spacial score (nSPS) is 18.7. The highest BCUT2D eigenvalue weighted by Crippen LogP contribution is 2.28. The number of likely N-dealkylation sites (tertiary alicyclic amines) is 2. The van der Waals surface area contributed by atoms with Crippen molar-refractivity contribution >= 4 is 35.1 Å². The van der Waals surface area contributed by atoms with E-state index in [2.05, 4.69) is 0 Å². The fourth-order valence-corrected chi connectivity index (χ4v) is 5.93. The number of carbonyl (C=O) groups is 4. The molecule has 8 nitrogen and oxygen atoms in total. The zero-order chi connectivity index (χ0) is 27.2. The van der Waals surface area contributed by atoms with Gasteiger partial charge in [0.05, 0.1) is 9.75 Å². The van der Waals surface area contributed by atoms with Crippen LogP contribution < -0.4 is 0 Å². The van der Waals surface area contributed by atoms with Crippen LogP contribution in [0.3, 0.4) is 0 Å². The van der Waals surface area contributed by atoms with Crippen LogP contribution in [0.25, 0.3) is 0 Å². The lowest BCUT2D eigenvalue weighted by molar-refractivity contribution is -0.150. The maximum Gasteiger partial charge on any atom is 0.329 e. The molecule has 202 valence electrons. The van der Waals surface area contributed by atoms with Crippen molar-refractivity contribution in [2.75, 3.05) is 13.1 Å². The Hall–Kier alpha value is -3.98. The molecule has 2 aliphatic heterocycles. The summed E-state index contributed by atoms with van der Waals surface area (Å²) < 4.78 is 11.0. The predicted molar refractivity (Wildman–Crippen MR) is 145 cm³/mol. The molecule has 0 bridgehead atoms. The summed E-state index contributed by atoms with van der Waals surface area (Å²) in [4.78, 5) is 56.0. The molecule has 0 aliphatic carbocycles. The van der Waals surface area contributed by atoms with Crippen molar-refractivity contribution in [2.24, 2.45) is 0 Å². The molecular formula is C30H30N2O6S. The third-order valence-corrected chi connectivity index (χ3v) is 8.11. The van der Waals surface area contributed by atoms with Crippen LogP contribution in [0, 0.1) is 0 Å². The van der Waals surface area contributed by atoms with Gasteiger partial charge in [0.1, 0.15) is 25.3 Å². The van der Waals surface area contributed by atoms with Gasteiger partial charge in [0.25, 0.3) is 11.8 Å².